The van der Waals surface area contributed by atoms with Crippen molar-refractivity contribution in [1.29, 1.82) is 0 Å². The molecule has 7 heteroatoms. The summed E-state index contributed by atoms with van der Waals surface area (Å²) in [6.07, 6.45) is 0.553. The van der Waals surface area contributed by atoms with Gasteiger partial charge in [0.15, 0.2) is 12.5 Å². The molecule has 0 saturated carbocycles. The van der Waals surface area contributed by atoms with Crippen LogP contribution in [0.1, 0.15) is 36.9 Å². The lowest BCUT2D eigenvalue weighted by atomic mass is 10.0. The fourth-order valence-electron chi connectivity index (χ4n) is 3.91. The Balaban J connectivity index is 0.00000341. The molecule has 0 spiro atoms. The van der Waals surface area contributed by atoms with Gasteiger partial charge in [0, 0.05) is 19.1 Å². The first-order valence-electron chi connectivity index (χ1n) is 10.5. The highest BCUT2D eigenvalue weighted by atomic mass is 127. The number of nitrogens with zero attached hydrogens (tertiary/aromatic N) is 1. The second-order valence-corrected chi connectivity index (χ2v) is 8.30. The first kappa shape index (κ1) is 25.6. The molecule has 0 unspecified atom stereocenters. The molecular weight excluding hydrogens is 507 g/mol. The van der Waals surface area contributed by atoms with Gasteiger partial charge in [-0.25, -0.2) is 4.79 Å². The number of amides is 1. The van der Waals surface area contributed by atoms with E-state index in [1.54, 1.807) is 7.11 Å². The van der Waals surface area contributed by atoms with E-state index in [1.807, 2.05) is 36.4 Å². The summed E-state index contributed by atoms with van der Waals surface area (Å²) in [6, 6.07) is 20.1. The predicted octanol–water partition coefficient (Wildman–Crippen LogP) is 1.23. The number of benzene rings is 2. The second-order valence-electron chi connectivity index (χ2n) is 8.30. The van der Waals surface area contributed by atoms with Crippen molar-refractivity contribution < 1.29 is 47.5 Å². The Labute approximate surface area is 202 Å². The molecule has 1 heterocycles. The van der Waals surface area contributed by atoms with Crippen molar-refractivity contribution in [1.82, 2.24) is 5.32 Å². The van der Waals surface area contributed by atoms with Gasteiger partial charge in [0.05, 0.1) is 20.1 Å². The molecule has 1 amide bonds. The number of nitrogens with one attached hydrogen (secondary N) is 1. The molecule has 1 aliphatic rings. The average Bonchev–Trinajstić information content (AvgIpc) is 2.78. The maximum Gasteiger partial charge on any atom is 0.407 e. The van der Waals surface area contributed by atoms with Gasteiger partial charge in [-0.1, -0.05) is 60.7 Å². The van der Waals surface area contributed by atoms with Crippen LogP contribution in [-0.4, -0.2) is 50.3 Å². The highest BCUT2D eigenvalue weighted by Gasteiger charge is 2.43. The third kappa shape index (κ3) is 6.65. The smallest absolute Gasteiger partial charge is 0.407 e. The molecule has 1 fully saturated rings. The summed E-state index contributed by atoms with van der Waals surface area (Å²) < 4.78 is 17.9. The molecule has 6 nitrogen and oxygen atoms in total. The summed E-state index contributed by atoms with van der Waals surface area (Å²) >= 11 is 0. The van der Waals surface area contributed by atoms with Crippen molar-refractivity contribution in [3.8, 4) is 0 Å². The van der Waals surface area contributed by atoms with E-state index in [-0.39, 0.29) is 48.9 Å². The molecule has 3 rings (SSSR count). The van der Waals surface area contributed by atoms with Crippen LogP contribution in [0.5, 0.6) is 0 Å². The minimum Gasteiger partial charge on any atom is -1.00 e. The van der Waals surface area contributed by atoms with Crippen LogP contribution in [-0.2, 0) is 20.8 Å². The third-order valence-corrected chi connectivity index (χ3v) is 6.12. The molecule has 1 saturated heterocycles. The summed E-state index contributed by atoms with van der Waals surface area (Å²) in [6.45, 7) is 2.45. The number of ether oxygens (including phenoxy) is 3. The standard InChI is InChI=1S/C24H32N2O4.HI/c1-18(20-13-9-6-10-14-20)26(2,3)22-16-15-21(23(28-4)30-22)25-24(27)29-17-19-11-7-5-8-12-19;/h5-14,18,21-23H,15-17H2,1-4H3;1H/t18-,21-,22+,23+;/m1./s1. The van der Waals surface area contributed by atoms with Gasteiger partial charge in [0.25, 0.3) is 0 Å². The predicted molar refractivity (Wildman–Crippen MR) is 115 cm³/mol. The van der Waals surface area contributed by atoms with E-state index in [9.17, 15) is 4.79 Å². The summed E-state index contributed by atoms with van der Waals surface area (Å²) in [5.41, 5.74) is 2.22. The van der Waals surface area contributed by atoms with Gasteiger partial charge in [-0.15, -0.1) is 0 Å². The zero-order valence-corrected chi connectivity index (χ0v) is 20.8. The SMILES string of the molecule is CO[C@H]1O[C@H]([N+](C)(C)[C@H](C)c2ccccc2)CC[C@H]1NC(=O)OCc1ccccc1.[I-]. The molecule has 170 valence electrons. The fraction of sp³-hybridized carbons (Fsp3) is 0.458. The van der Waals surface area contributed by atoms with Crippen LogP contribution in [0.3, 0.4) is 0 Å². The highest BCUT2D eigenvalue weighted by molar-refractivity contribution is 5.67. The Kier molecular flexibility index (Phi) is 9.74. The Morgan fingerprint density at radius 1 is 1.10 bits per heavy atom. The molecule has 2 aromatic rings. The van der Waals surface area contributed by atoms with Crippen LogP contribution in [0.2, 0.25) is 0 Å². The molecule has 1 aliphatic heterocycles. The topological polar surface area (TPSA) is 56.8 Å². The second kappa shape index (κ2) is 11.8. The van der Waals surface area contributed by atoms with E-state index in [0.717, 1.165) is 18.4 Å². The molecule has 1 N–H and O–H groups in total. The number of carbonyl (C=O) groups is 1. The molecule has 31 heavy (non-hydrogen) atoms. The molecule has 0 aromatic heterocycles. The average molecular weight is 540 g/mol. The summed E-state index contributed by atoms with van der Waals surface area (Å²) in [7, 11) is 5.96. The number of quaternary nitrogens is 1. The number of halogens is 1. The van der Waals surface area contributed by atoms with E-state index in [2.05, 4.69) is 50.6 Å². The van der Waals surface area contributed by atoms with Crippen molar-refractivity contribution >= 4 is 6.09 Å². The summed E-state index contributed by atoms with van der Waals surface area (Å²) in [5, 5.41) is 2.90. The largest absolute Gasteiger partial charge is 1.00 e. The van der Waals surface area contributed by atoms with Crippen molar-refractivity contribution in [2.24, 2.45) is 0 Å². The van der Waals surface area contributed by atoms with E-state index < -0.39 is 12.4 Å². The highest BCUT2D eigenvalue weighted by Crippen LogP contribution is 2.33. The lowest BCUT2D eigenvalue weighted by Gasteiger charge is -2.46. The van der Waals surface area contributed by atoms with Crippen LogP contribution in [0.4, 0.5) is 4.79 Å². The van der Waals surface area contributed by atoms with Crippen LogP contribution >= 0.6 is 0 Å². The van der Waals surface area contributed by atoms with Crippen LogP contribution in [0.25, 0.3) is 0 Å². The van der Waals surface area contributed by atoms with Gasteiger partial charge in [-0.2, -0.15) is 0 Å². The van der Waals surface area contributed by atoms with Gasteiger partial charge in [-0.3, -0.25) is 9.22 Å². The van der Waals surface area contributed by atoms with Gasteiger partial charge < -0.3 is 38.8 Å². The zero-order valence-electron chi connectivity index (χ0n) is 18.7. The van der Waals surface area contributed by atoms with E-state index >= 15 is 0 Å². The fourth-order valence-corrected chi connectivity index (χ4v) is 3.91. The Hall–Kier alpha value is -1.68. The first-order chi connectivity index (χ1) is 14.4. The van der Waals surface area contributed by atoms with E-state index in [0.29, 0.717) is 4.48 Å². The monoisotopic (exact) mass is 540 g/mol. The Morgan fingerprint density at radius 2 is 1.71 bits per heavy atom. The number of hydrogen-bond donors (Lipinski definition) is 1. The minimum absolute atomic E-state index is 0. The zero-order chi connectivity index (χ0) is 21.6. The number of rotatable bonds is 7. The molecular formula is C24H33IN2O4. The summed E-state index contributed by atoms with van der Waals surface area (Å²) in [5.74, 6) is 0. The number of methoxy groups -OCH3 is 1. The molecule has 0 aliphatic carbocycles. The first-order valence-corrected chi connectivity index (χ1v) is 10.5. The van der Waals surface area contributed by atoms with Crippen molar-refractivity contribution in [3.63, 3.8) is 0 Å². The summed E-state index contributed by atoms with van der Waals surface area (Å²) in [4.78, 5) is 12.3. The molecule has 2 aromatic carbocycles. The lowest BCUT2D eigenvalue weighted by molar-refractivity contribution is -0.967. The van der Waals surface area contributed by atoms with Gasteiger partial charge >= 0.3 is 6.09 Å². The van der Waals surface area contributed by atoms with E-state index in [4.69, 9.17) is 14.2 Å². The number of carbonyl (C=O) groups excluding carboxylic acids is 1. The lowest BCUT2D eigenvalue weighted by Crippen LogP contribution is -3.00. The normalized spacial score (nSPS) is 22.1. The number of hydrogen-bond acceptors (Lipinski definition) is 4. The number of alkyl carbamates (subject to hydrolysis) is 1. The quantitative estimate of drug-likeness (QED) is 0.424. The van der Waals surface area contributed by atoms with E-state index in [1.165, 1.54) is 5.56 Å². The van der Waals surface area contributed by atoms with Crippen LogP contribution in [0.15, 0.2) is 60.7 Å². The molecule has 0 bridgehead atoms. The minimum atomic E-state index is -0.520. The maximum atomic E-state index is 12.3. The van der Waals surface area contributed by atoms with Crippen molar-refractivity contribution in [3.05, 3.63) is 71.8 Å². The van der Waals surface area contributed by atoms with Crippen molar-refractivity contribution in [2.75, 3.05) is 21.2 Å². The van der Waals surface area contributed by atoms with Crippen LogP contribution in [0, 0.1) is 0 Å². The van der Waals surface area contributed by atoms with Crippen molar-refractivity contribution in [2.45, 2.75) is 51.0 Å². The Morgan fingerprint density at radius 3 is 2.32 bits per heavy atom. The molecule has 4 atom stereocenters. The Bertz CT molecular complexity index is 804. The van der Waals surface area contributed by atoms with Gasteiger partial charge in [-0.05, 0) is 18.9 Å². The van der Waals surface area contributed by atoms with Gasteiger partial charge in [0.2, 0.25) is 0 Å². The van der Waals surface area contributed by atoms with Crippen LogP contribution < -0.4 is 29.3 Å². The van der Waals surface area contributed by atoms with Gasteiger partial charge in [0.1, 0.15) is 12.6 Å². The maximum absolute atomic E-state index is 12.3. The third-order valence-electron chi connectivity index (χ3n) is 6.12. The molecule has 0 radical (unpaired) electrons.